The minimum atomic E-state index is -0.298. The van der Waals surface area contributed by atoms with Crippen molar-refractivity contribution in [2.45, 2.75) is 36.8 Å². The molecule has 0 radical (unpaired) electrons. The minimum absolute atomic E-state index is 0.0111. The highest BCUT2D eigenvalue weighted by molar-refractivity contribution is 7.99. The van der Waals surface area contributed by atoms with E-state index < -0.39 is 0 Å². The number of nitrogens with one attached hydrogen (secondary N) is 1. The number of aliphatic hydroxyl groups excluding tert-OH is 1. The van der Waals surface area contributed by atoms with E-state index in [1.54, 1.807) is 29.4 Å². The Kier molecular flexibility index (Phi) is 6.55. The molecule has 3 heterocycles. The van der Waals surface area contributed by atoms with Crippen LogP contribution in [-0.4, -0.2) is 34.2 Å². The fraction of sp³-hybridized carbons (Fsp3) is 0.138. The highest BCUT2D eigenvalue weighted by Gasteiger charge is 2.17. The molecule has 10 heteroatoms. The molecule has 0 saturated heterocycles. The molecule has 6 aromatic rings. The Morgan fingerprint density at radius 2 is 1.54 bits per heavy atom. The van der Waals surface area contributed by atoms with Crippen LogP contribution in [0.1, 0.15) is 22.5 Å². The summed E-state index contributed by atoms with van der Waals surface area (Å²) in [6.45, 7) is 4.08. The summed E-state index contributed by atoms with van der Waals surface area (Å²) < 4.78 is 3.59. The number of anilines is 1. The smallest absolute Gasteiger partial charge is 0.277 e. The van der Waals surface area contributed by atoms with Gasteiger partial charge in [-0.1, -0.05) is 60.3 Å². The third-order valence-corrected chi connectivity index (χ3v) is 7.64. The molecule has 9 nitrogen and oxygen atoms in total. The highest BCUT2D eigenvalue weighted by Crippen LogP contribution is 2.33. The zero-order valence-electron chi connectivity index (χ0n) is 21.4. The summed E-state index contributed by atoms with van der Waals surface area (Å²) in [6.07, 6.45) is 1.73. The van der Waals surface area contributed by atoms with Crippen LogP contribution in [0.4, 0.5) is 5.95 Å². The molecule has 0 aliphatic heterocycles. The van der Waals surface area contributed by atoms with Gasteiger partial charge in [-0.25, -0.2) is 14.2 Å². The van der Waals surface area contributed by atoms with Crippen LogP contribution in [-0.2, 0) is 13.2 Å². The van der Waals surface area contributed by atoms with Crippen LogP contribution in [0.25, 0.3) is 22.5 Å². The Balaban J connectivity index is 1.38. The van der Waals surface area contributed by atoms with Gasteiger partial charge in [-0.15, -0.1) is 0 Å². The van der Waals surface area contributed by atoms with Crippen molar-refractivity contribution >= 4 is 34.4 Å². The topological polar surface area (TPSA) is 110 Å². The Bertz CT molecular complexity index is 1900. The van der Waals surface area contributed by atoms with Gasteiger partial charge in [0.2, 0.25) is 5.95 Å². The maximum atomic E-state index is 12.1. The Labute approximate surface area is 228 Å². The van der Waals surface area contributed by atoms with Crippen LogP contribution in [0.2, 0.25) is 0 Å². The maximum absolute atomic E-state index is 12.1. The van der Waals surface area contributed by atoms with Crippen molar-refractivity contribution in [1.29, 1.82) is 0 Å². The van der Waals surface area contributed by atoms with Crippen molar-refractivity contribution in [2.24, 2.45) is 0 Å². The summed E-state index contributed by atoms with van der Waals surface area (Å²) in [5.74, 6) is 2.06. The summed E-state index contributed by atoms with van der Waals surface area (Å²) in [5, 5.41) is 14.0. The first kappa shape index (κ1) is 24.8. The second kappa shape index (κ2) is 10.3. The molecule has 0 atom stereocenters. The number of fused-ring (bicyclic) bond motifs is 2. The fourth-order valence-corrected chi connectivity index (χ4v) is 5.50. The molecule has 0 amide bonds. The van der Waals surface area contributed by atoms with Gasteiger partial charge in [0.05, 0.1) is 12.1 Å². The largest absolute Gasteiger partial charge is 0.392 e. The summed E-state index contributed by atoms with van der Waals surface area (Å²) in [5.41, 5.74) is 2.96. The molecule has 39 heavy (non-hydrogen) atoms. The molecule has 6 rings (SSSR count). The molecule has 194 valence electrons. The summed E-state index contributed by atoms with van der Waals surface area (Å²) in [4.78, 5) is 32.5. The molecule has 0 aliphatic carbocycles. The van der Waals surface area contributed by atoms with Crippen molar-refractivity contribution in [1.82, 2.24) is 29.1 Å². The van der Waals surface area contributed by atoms with E-state index in [9.17, 15) is 9.90 Å². The van der Waals surface area contributed by atoms with Gasteiger partial charge in [0.25, 0.3) is 11.3 Å². The number of nitrogens with zero attached hydrogens (tertiary/aromatic N) is 6. The second-order valence-corrected chi connectivity index (χ2v) is 10.1. The summed E-state index contributed by atoms with van der Waals surface area (Å²) >= 11 is 1.62. The van der Waals surface area contributed by atoms with E-state index >= 15 is 0 Å². The third kappa shape index (κ3) is 4.75. The quantitative estimate of drug-likeness (QED) is 0.303. The van der Waals surface area contributed by atoms with Gasteiger partial charge in [-0.05, 0) is 49.2 Å². The van der Waals surface area contributed by atoms with Gasteiger partial charge in [0, 0.05) is 33.5 Å². The lowest BCUT2D eigenvalue weighted by Crippen LogP contribution is -2.16. The average Bonchev–Trinajstić information content (AvgIpc) is 3.26. The molecule has 0 unspecified atom stereocenters. The number of aryl methyl sites for hydroxylation is 2. The average molecular weight is 536 g/mol. The highest BCUT2D eigenvalue weighted by atomic mass is 32.2. The predicted octanol–water partition coefficient (Wildman–Crippen LogP) is 4.70. The zero-order valence-corrected chi connectivity index (χ0v) is 22.2. The predicted molar refractivity (Wildman–Crippen MR) is 151 cm³/mol. The van der Waals surface area contributed by atoms with Crippen molar-refractivity contribution in [2.75, 3.05) is 5.32 Å². The number of hydrogen-bond donors (Lipinski definition) is 2. The molecule has 0 aliphatic rings. The van der Waals surface area contributed by atoms with E-state index in [2.05, 4.69) is 27.4 Å². The first-order valence-electron chi connectivity index (χ1n) is 12.4. The first-order valence-corrected chi connectivity index (χ1v) is 13.2. The lowest BCUT2D eigenvalue weighted by molar-refractivity contribution is 0.279. The van der Waals surface area contributed by atoms with E-state index in [0.29, 0.717) is 35.5 Å². The van der Waals surface area contributed by atoms with E-state index in [1.165, 1.54) is 0 Å². The summed E-state index contributed by atoms with van der Waals surface area (Å²) in [7, 11) is 0. The Hall–Kier alpha value is -4.54. The minimum Gasteiger partial charge on any atom is -0.392 e. The van der Waals surface area contributed by atoms with Crippen molar-refractivity contribution < 1.29 is 5.11 Å². The number of para-hydroxylation sites is 1. The SMILES string of the molecule is Cc1cn2c(nc(C)n2-c2nc(NCc3ccccc3Sc3ccccc3CO)nc3ccccc23)nc1=O. The molecular weight excluding hydrogens is 510 g/mol. The van der Waals surface area contributed by atoms with Gasteiger partial charge in [-0.2, -0.15) is 15.0 Å². The van der Waals surface area contributed by atoms with Gasteiger partial charge < -0.3 is 10.4 Å². The molecule has 3 aromatic carbocycles. The van der Waals surface area contributed by atoms with E-state index in [-0.39, 0.29) is 12.2 Å². The van der Waals surface area contributed by atoms with Crippen LogP contribution in [0.3, 0.4) is 0 Å². The number of aliphatic hydroxyl groups is 1. The first-order chi connectivity index (χ1) is 19.0. The number of rotatable bonds is 7. The maximum Gasteiger partial charge on any atom is 0.277 e. The van der Waals surface area contributed by atoms with Gasteiger partial charge >= 0.3 is 0 Å². The van der Waals surface area contributed by atoms with Crippen molar-refractivity contribution in [3.63, 3.8) is 0 Å². The summed E-state index contributed by atoms with van der Waals surface area (Å²) in [6, 6.07) is 23.8. The van der Waals surface area contributed by atoms with Crippen LogP contribution in [0.15, 0.2) is 93.6 Å². The molecule has 0 spiro atoms. The molecule has 0 fully saturated rings. The molecule has 0 saturated carbocycles. The van der Waals surface area contributed by atoms with Gasteiger partial charge in [-0.3, -0.25) is 4.79 Å². The van der Waals surface area contributed by atoms with E-state index in [0.717, 1.165) is 31.8 Å². The molecule has 2 N–H and O–H groups in total. The van der Waals surface area contributed by atoms with Gasteiger partial charge in [0.1, 0.15) is 5.82 Å². The van der Waals surface area contributed by atoms with E-state index in [1.807, 2.05) is 72.3 Å². The zero-order chi connectivity index (χ0) is 26.9. The van der Waals surface area contributed by atoms with Crippen LogP contribution in [0.5, 0.6) is 0 Å². The third-order valence-electron chi connectivity index (χ3n) is 6.40. The lowest BCUT2D eigenvalue weighted by Gasteiger charge is -2.14. The number of hydrogen-bond acceptors (Lipinski definition) is 8. The normalized spacial score (nSPS) is 11.4. The van der Waals surface area contributed by atoms with Crippen LogP contribution in [0, 0.1) is 13.8 Å². The second-order valence-electron chi connectivity index (χ2n) is 9.06. The van der Waals surface area contributed by atoms with E-state index in [4.69, 9.17) is 9.97 Å². The molecular formula is C29H25N7O2S. The van der Waals surface area contributed by atoms with Crippen LogP contribution < -0.4 is 10.9 Å². The molecule has 0 bridgehead atoms. The Morgan fingerprint density at radius 3 is 2.33 bits per heavy atom. The fourth-order valence-electron chi connectivity index (χ4n) is 4.43. The van der Waals surface area contributed by atoms with Gasteiger partial charge in [0.15, 0.2) is 5.82 Å². The standard InChI is InChI=1S/C29H25N7O2S/c1-18-16-35-29(34-27(18)38)31-19(2)36(35)26-22-11-5-6-12-23(22)32-28(33-26)30-15-20-9-3-7-13-24(20)39-25-14-8-4-10-21(25)17-37/h3-14,16,37H,15,17H2,1-2H3,(H,30,32,33). The Morgan fingerprint density at radius 1 is 0.846 bits per heavy atom. The number of aromatic nitrogens is 6. The van der Waals surface area contributed by atoms with Crippen molar-refractivity contribution in [3.05, 3.63) is 112 Å². The lowest BCUT2D eigenvalue weighted by atomic mass is 10.2. The molecule has 3 aromatic heterocycles. The number of benzene rings is 3. The van der Waals surface area contributed by atoms with Crippen molar-refractivity contribution in [3.8, 4) is 5.82 Å². The monoisotopic (exact) mass is 535 g/mol. The van der Waals surface area contributed by atoms with Crippen LogP contribution >= 0.6 is 11.8 Å².